The minimum absolute atomic E-state index is 0.0459. The van der Waals surface area contributed by atoms with Crippen molar-refractivity contribution in [3.8, 4) is 11.5 Å². The third kappa shape index (κ3) is 2.94. The number of ether oxygens (including phenoxy) is 2. The predicted octanol–water partition coefficient (Wildman–Crippen LogP) is 0.933. The molecule has 1 atom stereocenters. The molecular weight excluding hydrogens is 274 g/mol. The molecule has 21 heavy (non-hydrogen) atoms. The van der Waals surface area contributed by atoms with Crippen molar-refractivity contribution in [2.24, 2.45) is 5.92 Å². The van der Waals surface area contributed by atoms with Crippen LogP contribution in [0.15, 0.2) is 18.2 Å². The number of hydrogen-bond donors (Lipinski definition) is 1. The summed E-state index contributed by atoms with van der Waals surface area (Å²) in [7, 11) is 0. The van der Waals surface area contributed by atoms with Gasteiger partial charge in [0.05, 0.1) is 12.3 Å². The summed E-state index contributed by atoms with van der Waals surface area (Å²) in [4.78, 5) is 24.8. The summed E-state index contributed by atoms with van der Waals surface area (Å²) in [5, 5.41) is 8.97. The second kappa shape index (κ2) is 5.63. The second-order valence-electron chi connectivity index (χ2n) is 5.32. The molecule has 0 radical (unpaired) electrons. The maximum atomic E-state index is 12.2. The van der Waals surface area contributed by atoms with E-state index in [1.54, 1.807) is 11.0 Å². The Morgan fingerprint density at radius 3 is 2.71 bits per heavy atom. The number of rotatable bonds is 3. The summed E-state index contributed by atoms with van der Waals surface area (Å²) in [5.74, 6) is 0.0511. The van der Waals surface area contributed by atoms with E-state index in [-0.39, 0.29) is 12.3 Å². The van der Waals surface area contributed by atoms with Crippen LogP contribution in [0.25, 0.3) is 0 Å². The average molecular weight is 291 g/mol. The first kappa shape index (κ1) is 13.7. The number of benzene rings is 1. The van der Waals surface area contributed by atoms with E-state index in [4.69, 9.17) is 14.6 Å². The molecule has 3 rings (SSSR count). The number of aliphatic carboxylic acids is 1. The molecule has 2 heterocycles. The van der Waals surface area contributed by atoms with E-state index in [0.717, 1.165) is 5.56 Å². The Hall–Kier alpha value is -2.24. The molecule has 0 bridgehead atoms. The van der Waals surface area contributed by atoms with Crippen molar-refractivity contribution >= 4 is 11.9 Å². The van der Waals surface area contributed by atoms with Gasteiger partial charge in [-0.2, -0.15) is 0 Å². The molecule has 1 aromatic rings. The molecule has 1 aromatic carbocycles. The lowest BCUT2D eigenvalue weighted by Gasteiger charge is -2.20. The first-order chi connectivity index (χ1) is 10.1. The van der Waals surface area contributed by atoms with Gasteiger partial charge in [-0.15, -0.1) is 0 Å². The zero-order chi connectivity index (χ0) is 14.8. The molecule has 1 N–H and O–H groups in total. The highest BCUT2D eigenvalue weighted by atomic mass is 16.6. The number of carbonyl (C=O) groups is 2. The molecule has 1 amide bonds. The minimum Gasteiger partial charge on any atom is -0.486 e. The van der Waals surface area contributed by atoms with Gasteiger partial charge in [-0.1, -0.05) is 6.07 Å². The number of hydrogen-bond acceptors (Lipinski definition) is 4. The molecule has 0 spiro atoms. The molecule has 1 saturated heterocycles. The van der Waals surface area contributed by atoms with Crippen LogP contribution < -0.4 is 9.47 Å². The van der Waals surface area contributed by atoms with Crippen molar-refractivity contribution in [3.05, 3.63) is 23.8 Å². The Balaban J connectivity index is 1.64. The molecule has 6 heteroatoms. The van der Waals surface area contributed by atoms with Crippen LogP contribution in [-0.2, 0) is 16.0 Å². The number of nitrogens with zero attached hydrogens (tertiary/aromatic N) is 1. The third-order valence-electron chi connectivity index (χ3n) is 3.85. The molecule has 2 aliphatic rings. The van der Waals surface area contributed by atoms with E-state index < -0.39 is 11.9 Å². The van der Waals surface area contributed by atoms with Gasteiger partial charge in [-0.3, -0.25) is 9.59 Å². The monoisotopic (exact) mass is 291 g/mol. The quantitative estimate of drug-likeness (QED) is 0.896. The fourth-order valence-electron chi connectivity index (χ4n) is 2.67. The van der Waals surface area contributed by atoms with Gasteiger partial charge >= 0.3 is 5.97 Å². The van der Waals surface area contributed by atoms with Crippen molar-refractivity contribution in [2.75, 3.05) is 26.3 Å². The maximum Gasteiger partial charge on any atom is 0.308 e. The number of carbonyl (C=O) groups excluding carboxylic acids is 1. The Bertz CT molecular complexity index is 571. The maximum absolute atomic E-state index is 12.2. The number of carboxylic acid groups (broad SMARTS) is 1. The van der Waals surface area contributed by atoms with E-state index in [1.807, 2.05) is 12.1 Å². The van der Waals surface area contributed by atoms with Crippen LogP contribution in [0, 0.1) is 5.92 Å². The highest BCUT2D eigenvalue weighted by molar-refractivity contribution is 5.81. The molecule has 0 saturated carbocycles. The van der Waals surface area contributed by atoms with E-state index in [1.165, 1.54) is 0 Å². The van der Waals surface area contributed by atoms with Gasteiger partial charge in [0.15, 0.2) is 11.5 Å². The van der Waals surface area contributed by atoms with Crippen molar-refractivity contribution in [1.29, 1.82) is 0 Å². The Morgan fingerprint density at radius 1 is 1.24 bits per heavy atom. The Morgan fingerprint density at radius 2 is 2.00 bits per heavy atom. The van der Waals surface area contributed by atoms with Gasteiger partial charge in [0, 0.05) is 13.1 Å². The molecule has 112 valence electrons. The largest absolute Gasteiger partial charge is 0.486 e. The Labute approximate surface area is 122 Å². The summed E-state index contributed by atoms with van der Waals surface area (Å²) in [6.07, 6.45) is 0.783. The topological polar surface area (TPSA) is 76.1 Å². The first-order valence-corrected chi connectivity index (χ1v) is 7.02. The fraction of sp³-hybridized carbons (Fsp3) is 0.467. The molecule has 1 unspecified atom stereocenters. The van der Waals surface area contributed by atoms with Crippen LogP contribution in [0.1, 0.15) is 12.0 Å². The normalized spacial score (nSPS) is 20.4. The summed E-state index contributed by atoms with van der Waals surface area (Å²) in [6, 6.07) is 5.47. The number of amides is 1. The smallest absolute Gasteiger partial charge is 0.308 e. The van der Waals surface area contributed by atoms with Crippen LogP contribution in [0.5, 0.6) is 11.5 Å². The highest BCUT2D eigenvalue weighted by Crippen LogP contribution is 2.31. The van der Waals surface area contributed by atoms with Crippen molar-refractivity contribution in [3.63, 3.8) is 0 Å². The third-order valence-corrected chi connectivity index (χ3v) is 3.85. The van der Waals surface area contributed by atoms with Crippen LogP contribution in [-0.4, -0.2) is 48.2 Å². The minimum atomic E-state index is -0.829. The molecule has 6 nitrogen and oxygen atoms in total. The van der Waals surface area contributed by atoms with Gasteiger partial charge in [-0.05, 0) is 24.1 Å². The molecule has 0 aromatic heterocycles. The van der Waals surface area contributed by atoms with Gasteiger partial charge in [0.25, 0.3) is 0 Å². The van der Waals surface area contributed by atoms with Crippen LogP contribution in [0.2, 0.25) is 0 Å². The van der Waals surface area contributed by atoms with Crippen molar-refractivity contribution < 1.29 is 24.2 Å². The average Bonchev–Trinajstić information content (AvgIpc) is 2.97. The number of carboxylic acids is 1. The predicted molar refractivity (Wildman–Crippen MR) is 73.5 cm³/mol. The fourth-order valence-corrected chi connectivity index (χ4v) is 2.67. The summed E-state index contributed by atoms with van der Waals surface area (Å²) in [6.45, 7) is 1.87. The molecule has 0 aliphatic carbocycles. The lowest BCUT2D eigenvalue weighted by atomic mass is 10.1. The second-order valence-corrected chi connectivity index (χ2v) is 5.32. The van der Waals surface area contributed by atoms with Crippen molar-refractivity contribution in [2.45, 2.75) is 12.8 Å². The standard InChI is InChI=1S/C15H17NO5/c17-14(16-4-3-11(9-16)15(18)19)8-10-1-2-12-13(7-10)21-6-5-20-12/h1-2,7,11H,3-6,8-9H2,(H,18,19). The van der Waals surface area contributed by atoms with Crippen LogP contribution in [0.4, 0.5) is 0 Å². The molecule has 2 aliphatic heterocycles. The summed E-state index contributed by atoms with van der Waals surface area (Å²) in [5.41, 5.74) is 0.850. The van der Waals surface area contributed by atoms with E-state index >= 15 is 0 Å². The van der Waals surface area contributed by atoms with Crippen LogP contribution >= 0.6 is 0 Å². The van der Waals surface area contributed by atoms with Gasteiger partial charge in [-0.25, -0.2) is 0 Å². The lowest BCUT2D eigenvalue weighted by Crippen LogP contribution is -2.31. The van der Waals surface area contributed by atoms with E-state index in [9.17, 15) is 9.59 Å². The van der Waals surface area contributed by atoms with Gasteiger partial charge in [0.2, 0.25) is 5.91 Å². The molecule has 1 fully saturated rings. The van der Waals surface area contributed by atoms with E-state index in [2.05, 4.69) is 0 Å². The SMILES string of the molecule is O=C(O)C1CCN(C(=O)Cc2ccc3c(c2)OCCO3)C1. The molecular formula is C15H17NO5. The zero-order valence-electron chi connectivity index (χ0n) is 11.6. The highest BCUT2D eigenvalue weighted by Gasteiger charge is 2.30. The van der Waals surface area contributed by atoms with Crippen molar-refractivity contribution in [1.82, 2.24) is 4.90 Å². The van der Waals surface area contributed by atoms with E-state index in [0.29, 0.717) is 44.2 Å². The summed E-state index contributed by atoms with van der Waals surface area (Å²) >= 11 is 0. The number of fused-ring (bicyclic) bond motifs is 1. The van der Waals surface area contributed by atoms with Crippen LogP contribution in [0.3, 0.4) is 0 Å². The Kier molecular flexibility index (Phi) is 3.68. The van der Waals surface area contributed by atoms with Gasteiger partial charge < -0.3 is 19.5 Å². The number of likely N-dealkylation sites (tertiary alicyclic amines) is 1. The first-order valence-electron chi connectivity index (χ1n) is 7.02. The lowest BCUT2D eigenvalue weighted by molar-refractivity contribution is -0.141. The van der Waals surface area contributed by atoms with Gasteiger partial charge in [0.1, 0.15) is 13.2 Å². The summed E-state index contributed by atoms with van der Waals surface area (Å²) < 4.78 is 10.9. The zero-order valence-corrected chi connectivity index (χ0v) is 11.6.